The molecule has 21 heavy (non-hydrogen) atoms. The molecule has 0 aliphatic heterocycles. The van der Waals surface area contributed by atoms with E-state index >= 15 is 0 Å². The van der Waals surface area contributed by atoms with Crippen LogP contribution >= 0.6 is 23.1 Å². The van der Waals surface area contributed by atoms with Crippen LogP contribution in [0.15, 0.2) is 28.9 Å². The molecule has 7 nitrogen and oxygen atoms in total. The summed E-state index contributed by atoms with van der Waals surface area (Å²) in [4.78, 5) is 15.6. The first kappa shape index (κ1) is 15.7. The maximum absolute atomic E-state index is 11.5. The Balaban J connectivity index is 1.77. The molecule has 0 atom stereocenters. The molecule has 112 valence electrons. The summed E-state index contributed by atoms with van der Waals surface area (Å²) < 4.78 is 5.64. The number of urea groups is 1. The summed E-state index contributed by atoms with van der Waals surface area (Å²) in [5.41, 5.74) is 1.12. The van der Waals surface area contributed by atoms with Gasteiger partial charge in [-0.2, -0.15) is 0 Å². The average Bonchev–Trinajstić information content (AvgIpc) is 2.94. The molecule has 0 saturated heterocycles. The number of thioether (sulfide) groups is 1. The largest absolute Gasteiger partial charge is 0.383 e. The lowest BCUT2D eigenvalue weighted by Crippen LogP contribution is -2.31. The van der Waals surface area contributed by atoms with Gasteiger partial charge in [0.1, 0.15) is 0 Å². The summed E-state index contributed by atoms with van der Waals surface area (Å²) in [5, 5.41) is 13.7. The fourth-order valence-electron chi connectivity index (χ4n) is 1.36. The monoisotopic (exact) mass is 325 g/mol. The van der Waals surface area contributed by atoms with Crippen molar-refractivity contribution in [3.63, 3.8) is 0 Å². The van der Waals surface area contributed by atoms with E-state index in [-0.39, 0.29) is 6.03 Å². The molecule has 2 amide bonds. The summed E-state index contributed by atoms with van der Waals surface area (Å²) in [6, 6.07) is 3.59. The molecule has 2 heterocycles. The topological polar surface area (TPSA) is 89.0 Å². The van der Waals surface area contributed by atoms with Crippen LogP contribution in [0.5, 0.6) is 0 Å². The summed E-state index contributed by atoms with van der Waals surface area (Å²) >= 11 is 2.89. The van der Waals surface area contributed by atoms with Gasteiger partial charge in [0.05, 0.1) is 6.61 Å². The summed E-state index contributed by atoms with van der Waals surface area (Å²) in [7, 11) is 1.58. The zero-order chi connectivity index (χ0) is 14.9. The minimum Gasteiger partial charge on any atom is -0.383 e. The van der Waals surface area contributed by atoms with E-state index in [9.17, 15) is 4.79 Å². The van der Waals surface area contributed by atoms with Gasteiger partial charge in [-0.15, -0.1) is 10.2 Å². The first-order chi connectivity index (χ1) is 10.3. The number of anilines is 1. The Morgan fingerprint density at radius 3 is 3.14 bits per heavy atom. The predicted octanol–water partition coefficient (Wildman–Crippen LogP) is 1.99. The molecule has 2 rings (SSSR count). The number of aromatic nitrogens is 3. The Labute approximate surface area is 130 Å². The van der Waals surface area contributed by atoms with Crippen LogP contribution in [0.4, 0.5) is 9.93 Å². The highest BCUT2D eigenvalue weighted by Gasteiger charge is 2.08. The second-order valence-corrected chi connectivity index (χ2v) is 6.10. The lowest BCUT2D eigenvalue weighted by atomic mass is 10.3. The van der Waals surface area contributed by atoms with Gasteiger partial charge < -0.3 is 10.1 Å². The maximum Gasteiger partial charge on any atom is 0.321 e. The SMILES string of the molecule is COCCNC(=O)Nc1nnc(SCc2cccnc2)s1. The molecule has 9 heteroatoms. The van der Waals surface area contributed by atoms with Crippen LogP contribution in [-0.2, 0) is 10.5 Å². The first-order valence-corrected chi connectivity index (χ1v) is 7.97. The van der Waals surface area contributed by atoms with Crippen molar-refractivity contribution in [3.05, 3.63) is 30.1 Å². The van der Waals surface area contributed by atoms with Crippen molar-refractivity contribution in [2.45, 2.75) is 10.1 Å². The standard InChI is InChI=1S/C12H15N5O2S2/c1-19-6-5-14-10(18)15-11-16-17-12(21-11)20-8-9-3-2-4-13-7-9/h2-4,7H,5-6,8H2,1H3,(H2,14,15,16,18). The molecule has 2 aromatic heterocycles. The molecule has 0 fully saturated rings. The number of hydrogen-bond acceptors (Lipinski definition) is 7. The number of nitrogens with zero attached hydrogens (tertiary/aromatic N) is 3. The molecular formula is C12H15N5O2S2. The zero-order valence-corrected chi connectivity index (χ0v) is 13.0. The van der Waals surface area contributed by atoms with Crippen molar-refractivity contribution in [1.82, 2.24) is 20.5 Å². The highest BCUT2D eigenvalue weighted by Crippen LogP contribution is 2.27. The lowest BCUT2D eigenvalue weighted by molar-refractivity contribution is 0.198. The van der Waals surface area contributed by atoms with Crippen LogP contribution in [-0.4, -0.2) is 41.5 Å². The Kier molecular flexibility index (Phi) is 6.38. The summed E-state index contributed by atoms with van der Waals surface area (Å²) in [6.07, 6.45) is 3.56. The Bertz CT molecular complexity index is 564. The third-order valence-corrected chi connectivity index (χ3v) is 4.35. The van der Waals surface area contributed by atoms with Gasteiger partial charge in [-0.25, -0.2) is 4.79 Å². The lowest BCUT2D eigenvalue weighted by Gasteiger charge is -2.03. The number of nitrogens with one attached hydrogen (secondary N) is 2. The summed E-state index contributed by atoms with van der Waals surface area (Å²) in [6.45, 7) is 0.916. The van der Waals surface area contributed by atoms with Gasteiger partial charge >= 0.3 is 6.03 Å². The van der Waals surface area contributed by atoms with Gasteiger partial charge in [-0.3, -0.25) is 10.3 Å². The first-order valence-electron chi connectivity index (χ1n) is 6.17. The van der Waals surface area contributed by atoms with E-state index in [0.29, 0.717) is 18.3 Å². The predicted molar refractivity (Wildman–Crippen MR) is 82.6 cm³/mol. The Morgan fingerprint density at radius 2 is 2.38 bits per heavy atom. The van der Waals surface area contributed by atoms with Crippen LogP contribution in [0.25, 0.3) is 0 Å². The van der Waals surface area contributed by atoms with E-state index in [1.807, 2.05) is 18.3 Å². The molecule has 0 unspecified atom stereocenters. The number of rotatable bonds is 7. The van der Waals surface area contributed by atoms with Gasteiger partial charge in [0, 0.05) is 31.8 Å². The second kappa shape index (κ2) is 8.55. The van der Waals surface area contributed by atoms with Gasteiger partial charge in [0.15, 0.2) is 4.34 Å². The van der Waals surface area contributed by atoms with Crippen molar-refractivity contribution in [1.29, 1.82) is 0 Å². The van der Waals surface area contributed by atoms with Crippen molar-refractivity contribution < 1.29 is 9.53 Å². The Morgan fingerprint density at radius 1 is 1.48 bits per heavy atom. The fourth-order valence-corrected chi connectivity index (χ4v) is 3.04. The minimum atomic E-state index is -0.313. The number of ether oxygens (including phenoxy) is 1. The molecule has 2 N–H and O–H groups in total. The second-order valence-electron chi connectivity index (χ2n) is 3.90. The number of carbonyl (C=O) groups is 1. The molecule has 0 aromatic carbocycles. The normalized spacial score (nSPS) is 10.3. The van der Waals surface area contributed by atoms with E-state index in [0.717, 1.165) is 15.7 Å². The number of carbonyl (C=O) groups excluding carboxylic acids is 1. The Hall–Kier alpha value is -1.71. The number of methoxy groups -OCH3 is 1. The van der Waals surface area contributed by atoms with Gasteiger partial charge in [-0.1, -0.05) is 29.2 Å². The van der Waals surface area contributed by atoms with E-state index in [1.54, 1.807) is 25.1 Å². The number of amides is 2. The van der Waals surface area contributed by atoms with Crippen LogP contribution in [0.1, 0.15) is 5.56 Å². The molecule has 0 saturated carbocycles. The van der Waals surface area contributed by atoms with E-state index in [2.05, 4.69) is 25.8 Å². The number of hydrogen-bond donors (Lipinski definition) is 2. The number of pyridine rings is 1. The van der Waals surface area contributed by atoms with Gasteiger partial charge in [-0.05, 0) is 11.6 Å². The molecule has 0 aliphatic rings. The van der Waals surface area contributed by atoms with E-state index in [4.69, 9.17) is 4.74 Å². The molecule has 0 aliphatic carbocycles. The molecule has 2 aromatic rings. The van der Waals surface area contributed by atoms with Gasteiger partial charge in [0.25, 0.3) is 0 Å². The van der Waals surface area contributed by atoms with Crippen LogP contribution in [0, 0.1) is 0 Å². The van der Waals surface area contributed by atoms with Crippen LogP contribution in [0.2, 0.25) is 0 Å². The molecule has 0 bridgehead atoms. The third-order valence-electron chi connectivity index (χ3n) is 2.30. The highest BCUT2D eigenvalue weighted by atomic mass is 32.2. The van der Waals surface area contributed by atoms with E-state index in [1.165, 1.54) is 11.3 Å². The van der Waals surface area contributed by atoms with Crippen molar-refractivity contribution in [3.8, 4) is 0 Å². The molecule has 0 radical (unpaired) electrons. The van der Waals surface area contributed by atoms with Crippen LogP contribution in [0.3, 0.4) is 0 Å². The van der Waals surface area contributed by atoms with Gasteiger partial charge in [0.2, 0.25) is 5.13 Å². The average molecular weight is 325 g/mol. The summed E-state index contributed by atoms with van der Waals surface area (Å²) in [5.74, 6) is 0.766. The van der Waals surface area contributed by atoms with Crippen molar-refractivity contribution >= 4 is 34.3 Å². The van der Waals surface area contributed by atoms with Crippen molar-refractivity contribution in [2.24, 2.45) is 0 Å². The fraction of sp³-hybridized carbons (Fsp3) is 0.333. The maximum atomic E-state index is 11.5. The smallest absolute Gasteiger partial charge is 0.321 e. The molecule has 0 spiro atoms. The van der Waals surface area contributed by atoms with E-state index < -0.39 is 0 Å². The minimum absolute atomic E-state index is 0.313. The molecular weight excluding hydrogens is 310 g/mol. The van der Waals surface area contributed by atoms with Crippen LogP contribution < -0.4 is 10.6 Å². The van der Waals surface area contributed by atoms with Crippen molar-refractivity contribution in [2.75, 3.05) is 25.6 Å². The quantitative estimate of drug-likeness (QED) is 0.460. The third kappa shape index (κ3) is 5.66. The highest BCUT2D eigenvalue weighted by molar-refractivity contribution is 8.00. The zero-order valence-electron chi connectivity index (χ0n) is 11.4.